The van der Waals surface area contributed by atoms with Crippen LogP contribution in [-0.2, 0) is 51.3 Å². The van der Waals surface area contributed by atoms with E-state index in [1.165, 1.54) is 75.0 Å². The summed E-state index contributed by atoms with van der Waals surface area (Å²) in [6.07, 6.45) is 40.4. The van der Waals surface area contributed by atoms with Gasteiger partial charge in [0.25, 0.3) is 0 Å². The maximum atomic E-state index is 9.67. The van der Waals surface area contributed by atoms with Gasteiger partial charge in [-0.25, -0.2) is 0 Å². The quantitative estimate of drug-likeness (QED) is 0.0924. The molecular weight excluding hydrogens is 1080 g/mol. The van der Waals surface area contributed by atoms with Crippen molar-refractivity contribution in [3.63, 3.8) is 0 Å². The van der Waals surface area contributed by atoms with Crippen molar-refractivity contribution in [2.45, 2.75) is 112 Å². The van der Waals surface area contributed by atoms with Crippen LogP contribution in [0.5, 0.6) is 0 Å². The van der Waals surface area contributed by atoms with E-state index in [-0.39, 0.29) is 110 Å². The van der Waals surface area contributed by atoms with E-state index in [0.29, 0.717) is 0 Å². The molecule has 0 saturated carbocycles. The molecule has 6 aliphatic rings. The van der Waals surface area contributed by atoms with Crippen LogP contribution in [0.3, 0.4) is 0 Å². The molecule has 0 spiro atoms. The van der Waals surface area contributed by atoms with Crippen LogP contribution < -0.4 is 9.41 Å². The standard InChI is InChI=1S/C18H20P2.C10H20P2.2C8H12.4CH3.2BF3.2FH.2Rh/c1-19-11-13-7-3-5-9-15(13)17(19)18-16-10-6-4-8-14(16)12-20(18)2;1-11-7-3-5-9(11)10-6-4-8-12(10)2;2*1-2-4-6-8-7-5-3-1;;;;;2*2-1(3)4;;;;/h3-10,17-18H,11-12H2,1-2H3;9-10H,3-8H2,1-2H3;2*1-2,7-8H,3-6H2;4*1H3;;;2*1H;;/q;;;;4*-1;;;;;2*+2/p+2/b;;2*2-1-,8-7?;;;;;;;;;;/t17-,18-,19?,20?;9-,10-,11?,12?;;;;;;;;;;;;/m11............/s1. The van der Waals surface area contributed by atoms with Gasteiger partial charge in [-0.2, -0.15) is 0 Å². The first-order valence-corrected chi connectivity index (χ1v) is 30.0. The van der Waals surface area contributed by atoms with Crippen molar-refractivity contribution in [3.05, 3.63) is 149 Å². The maximum Gasteiger partial charge on any atom is 2.00 e. The minimum absolute atomic E-state index is 0. The predicted octanol–water partition coefficient (Wildman–Crippen LogP) is 11.1. The molecule has 2 radical (unpaired) electrons. The third kappa shape index (κ3) is 28.4. The van der Waals surface area contributed by atoms with E-state index in [1.54, 1.807) is 60.3 Å². The molecule has 2 aromatic rings. The number of benzene rings is 2. The number of fused-ring (bicyclic) bond motifs is 2. The molecule has 4 unspecified atom stereocenters. The zero-order valence-electron chi connectivity index (χ0n) is 39.7. The van der Waals surface area contributed by atoms with Gasteiger partial charge >= 0.3 is 54.0 Å². The molecule has 2 fully saturated rings. The Morgan fingerprint density at radius 1 is 0.422 bits per heavy atom. The van der Waals surface area contributed by atoms with Crippen LogP contribution in [0.1, 0.15) is 111 Å². The van der Waals surface area contributed by atoms with E-state index in [0.717, 1.165) is 11.3 Å². The molecule has 0 aromatic heterocycles. The van der Waals surface area contributed by atoms with E-state index >= 15 is 0 Å². The SMILES string of the molecule is C1=CCC/C=C\CC1.C1=CCC/C=C\CC1.C[PH+]1CCC[C@@H]1[C@H]1CCC[PH+]1C.C[PH+]1Cc2ccccc2[C@@H]1[C@H]1c2ccccc2C[PH+]1C.FB(F)F.FB(F)F.[CH3-].[CH3-].[CH3-].[CH3-].[F-].[F-].[Rh+2].[Rh+2]. The van der Waals surface area contributed by atoms with E-state index in [1.807, 2.05) is 0 Å². The molecule has 0 nitrogen and oxygen atoms in total. The van der Waals surface area contributed by atoms with E-state index in [9.17, 15) is 25.9 Å². The van der Waals surface area contributed by atoms with Gasteiger partial charge in [-0.3, -0.25) is 25.9 Å². The fourth-order valence-corrected chi connectivity index (χ4v) is 23.3. The third-order valence-corrected chi connectivity index (χ3v) is 23.9. The first-order chi connectivity index (χ1) is 27.0. The molecule has 2 aliphatic carbocycles. The van der Waals surface area contributed by atoms with E-state index < -0.39 is 15.1 Å². The first kappa shape index (κ1) is 75.4. The van der Waals surface area contributed by atoms with Crippen LogP contribution in [0.15, 0.2) is 97.1 Å². The molecule has 8 rings (SSSR count). The number of hydrogen-bond donors (Lipinski definition) is 0. The molecule has 370 valence electrons. The van der Waals surface area contributed by atoms with Crippen LogP contribution in [0, 0.1) is 29.7 Å². The summed E-state index contributed by atoms with van der Waals surface area (Å²) in [7, 11) is -7.67. The predicted molar refractivity (Wildman–Crippen MR) is 276 cm³/mol. The van der Waals surface area contributed by atoms with Gasteiger partial charge in [0.15, 0.2) is 0 Å². The Balaban J connectivity index is -0.000000168. The van der Waals surface area contributed by atoms with Gasteiger partial charge in [0.05, 0.1) is 24.6 Å². The monoisotopic (exact) mass is 1160 g/mol. The summed E-state index contributed by atoms with van der Waals surface area (Å²) in [5, 5.41) is 0. The Kier molecular flexibility index (Phi) is 52.1. The second kappa shape index (κ2) is 44.2. The molecule has 2 saturated heterocycles. The van der Waals surface area contributed by atoms with Crippen molar-refractivity contribution < 1.29 is 74.3 Å². The Hall–Kier alpha value is -0.0634. The second-order valence-corrected chi connectivity index (χ2v) is 27.0. The van der Waals surface area contributed by atoms with Crippen molar-refractivity contribution in [1.82, 2.24) is 0 Å². The van der Waals surface area contributed by atoms with Crippen LogP contribution in [0.4, 0.5) is 25.9 Å². The van der Waals surface area contributed by atoms with Gasteiger partial charge < -0.3 is 39.1 Å². The average molecular weight is 1160 g/mol. The molecule has 0 amide bonds. The zero-order valence-corrected chi connectivity index (χ0v) is 47.0. The molecule has 0 bridgehead atoms. The molecular formula is C48H80B2F8P4Rh2+2. The van der Waals surface area contributed by atoms with Gasteiger partial charge in [0, 0.05) is 69.5 Å². The summed E-state index contributed by atoms with van der Waals surface area (Å²) < 4.78 is 58.0. The average Bonchev–Trinajstić information content (AvgIpc) is 3.89. The van der Waals surface area contributed by atoms with Gasteiger partial charge in [-0.1, -0.05) is 97.1 Å². The number of allylic oxidation sites excluding steroid dienone is 8. The number of rotatable bonds is 2. The molecule has 0 N–H and O–H groups in total. The smallest absolute Gasteiger partial charge is 1.00 e. The number of halogens is 8. The summed E-state index contributed by atoms with van der Waals surface area (Å²) in [4.78, 5) is 0. The fraction of sp³-hybridized carbons (Fsp3) is 0.500. The van der Waals surface area contributed by atoms with Crippen LogP contribution in [0.2, 0.25) is 0 Å². The first-order valence-electron chi connectivity index (χ1n) is 20.9. The van der Waals surface area contributed by atoms with Crippen LogP contribution in [-0.4, -0.2) is 65.4 Å². The molecule has 4 aliphatic heterocycles. The fourth-order valence-electron chi connectivity index (χ4n) is 9.14. The van der Waals surface area contributed by atoms with Crippen molar-refractivity contribution in [1.29, 1.82) is 0 Å². The minimum atomic E-state index is -3.67. The Bertz CT molecular complexity index is 1340. The molecule has 8 atom stereocenters. The van der Waals surface area contributed by atoms with Crippen molar-refractivity contribution in [2.24, 2.45) is 0 Å². The molecule has 64 heavy (non-hydrogen) atoms. The summed E-state index contributed by atoms with van der Waals surface area (Å²) in [6.45, 7) is 10.3. The van der Waals surface area contributed by atoms with Crippen LogP contribution in [0.25, 0.3) is 0 Å². The van der Waals surface area contributed by atoms with Crippen LogP contribution >= 0.6 is 31.7 Å². The van der Waals surface area contributed by atoms with Crippen molar-refractivity contribution >= 4 is 46.8 Å². The van der Waals surface area contributed by atoms with Gasteiger partial charge in [0.1, 0.15) is 22.6 Å². The molecule has 2 aromatic carbocycles. The van der Waals surface area contributed by atoms with E-state index in [2.05, 4.69) is 124 Å². The zero-order chi connectivity index (χ0) is 40.7. The van der Waals surface area contributed by atoms with Crippen molar-refractivity contribution in [2.75, 3.05) is 39.0 Å². The summed E-state index contributed by atoms with van der Waals surface area (Å²) in [6, 6.07) is 18.5. The van der Waals surface area contributed by atoms with Gasteiger partial charge in [-0.05, 0) is 88.2 Å². The topological polar surface area (TPSA) is 0 Å². The molecule has 16 heteroatoms. The van der Waals surface area contributed by atoms with E-state index in [4.69, 9.17) is 0 Å². The molecule has 4 heterocycles. The summed E-state index contributed by atoms with van der Waals surface area (Å²) >= 11 is 0. The number of hydrogen-bond acceptors (Lipinski definition) is 0. The maximum absolute atomic E-state index is 9.67. The second-order valence-electron chi connectivity index (χ2n) is 15.8. The Labute approximate surface area is 418 Å². The normalized spacial score (nSPS) is 25.7. The van der Waals surface area contributed by atoms with Crippen molar-refractivity contribution in [3.8, 4) is 0 Å². The van der Waals surface area contributed by atoms with Gasteiger partial charge in [0.2, 0.25) is 0 Å². The Morgan fingerprint density at radius 2 is 0.656 bits per heavy atom. The van der Waals surface area contributed by atoms with Gasteiger partial charge in [-0.15, -0.1) is 0 Å². The minimum Gasteiger partial charge on any atom is -1.00 e. The largest absolute Gasteiger partial charge is 2.00 e. The Morgan fingerprint density at radius 3 is 0.875 bits per heavy atom. The summed E-state index contributed by atoms with van der Waals surface area (Å²) in [5.74, 6) is 0. The third-order valence-electron chi connectivity index (χ3n) is 11.7. The summed E-state index contributed by atoms with van der Waals surface area (Å²) in [5.41, 5.74) is 10.9.